The zero-order valence-electron chi connectivity index (χ0n) is 11.1. The van der Waals surface area contributed by atoms with Crippen LogP contribution in [0.4, 0.5) is 0 Å². The molecule has 0 fully saturated rings. The van der Waals surface area contributed by atoms with Crippen LogP contribution in [0, 0.1) is 0 Å². The van der Waals surface area contributed by atoms with Gasteiger partial charge in [0.25, 0.3) is 0 Å². The van der Waals surface area contributed by atoms with E-state index >= 15 is 0 Å². The van der Waals surface area contributed by atoms with Crippen LogP contribution in [0.15, 0.2) is 35.0 Å². The van der Waals surface area contributed by atoms with Crippen LogP contribution in [-0.4, -0.2) is 19.3 Å². The first-order valence-electron chi connectivity index (χ1n) is 6.15. The molecule has 1 unspecified atom stereocenters. The third kappa shape index (κ3) is 3.49. The van der Waals surface area contributed by atoms with Gasteiger partial charge in [-0.05, 0) is 52.9 Å². The van der Waals surface area contributed by atoms with Crippen LogP contribution in [0.1, 0.15) is 23.7 Å². The number of benzene rings is 1. The van der Waals surface area contributed by atoms with Crippen molar-refractivity contribution in [3.63, 3.8) is 0 Å². The molecule has 0 saturated carbocycles. The molecule has 0 aliphatic carbocycles. The maximum atomic E-state index is 10.2. The van der Waals surface area contributed by atoms with Gasteiger partial charge in [0.05, 0.1) is 20.3 Å². The first-order chi connectivity index (χ1) is 9.24. The fraction of sp³-hybridized carbons (Fsp3) is 0.333. The van der Waals surface area contributed by atoms with Crippen LogP contribution in [0.5, 0.6) is 11.5 Å². The highest BCUT2D eigenvalue weighted by atomic mass is 32.1. The molecular weight excluding hydrogens is 260 g/mol. The number of thiophene rings is 1. The summed E-state index contributed by atoms with van der Waals surface area (Å²) in [5.41, 5.74) is 2.12. The molecule has 4 heteroatoms. The van der Waals surface area contributed by atoms with Crippen LogP contribution < -0.4 is 9.47 Å². The van der Waals surface area contributed by atoms with Gasteiger partial charge in [-0.25, -0.2) is 0 Å². The Morgan fingerprint density at radius 1 is 1.16 bits per heavy atom. The highest BCUT2D eigenvalue weighted by molar-refractivity contribution is 7.07. The Morgan fingerprint density at radius 2 is 1.95 bits per heavy atom. The number of ether oxygens (including phenoxy) is 2. The Labute approximate surface area is 117 Å². The summed E-state index contributed by atoms with van der Waals surface area (Å²) in [6, 6.07) is 7.62. The molecule has 1 aromatic carbocycles. The van der Waals surface area contributed by atoms with E-state index in [9.17, 15) is 5.11 Å². The summed E-state index contributed by atoms with van der Waals surface area (Å²) in [7, 11) is 3.20. The zero-order valence-corrected chi connectivity index (χ0v) is 11.9. The van der Waals surface area contributed by atoms with Crippen LogP contribution in [0.25, 0.3) is 0 Å². The molecule has 1 aromatic heterocycles. The average molecular weight is 278 g/mol. The molecule has 19 heavy (non-hydrogen) atoms. The molecule has 3 nitrogen and oxygen atoms in total. The van der Waals surface area contributed by atoms with Crippen molar-refractivity contribution >= 4 is 11.3 Å². The van der Waals surface area contributed by atoms with Gasteiger partial charge in [0.2, 0.25) is 0 Å². The Morgan fingerprint density at radius 3 is 2.58 bits per heavy atom. The number of rotatable bonds is 6. The minimum atomic E-state index is -0.486. The van der Waals surface area contributed by atoms with Gasteiger partial charge in [0.1, 0.15) is 0 Å². The largest absolute Gasteiger partial charge is 0.493 e. The zero-order chi connectivity index (χ0) is 13.7. The molecular formula is C15H18O3S. The topological polar surface area (TPSA) is 38.7 Å². The average Bonchev–Trinajstić information content (AvgIpc) is 2.97. The Kier molecular flexibility index (Phi) is 4.82. The quantitative estimate of drug-likeness (QED) is 0.879. The Bertz CT molecular complexity index is 508. The van der Waals surface area contributed by atoms with Gasteiger partial charge >= 0.3 is 0 Å². The third-order valence-corrected chi connectivity index (χ3v) is 3.81. The van der Waals surface area contributed by atoms with Crippen LogP contribution in [0.3, 0.4) is 0 Å². The lowest BCUT2D eigenvalue weighted by Crippen LogP contribution is -2.00. The van der Waals surface area contributed by atoms with Gasteiger partial charge in [-0.15, -0.1) is 0 Å². The van der Waals surface area contributed by atoms with Crippen molar-refractivity contribution < 1.29 is 14.6 Å². The minimum absolute atomic E-state index is 0.486. The summed E-state index contributed by atoms with van der Waals surface area (Å²) >= 11 is 1.68. The van der Waals surface area contributed by atoms with Crippen molar-refractivity contribution in [3.8, 4) is 11.5 Å². The summed E-state index contributed by atoms with van der Waals surface area (Å²) in [5, 5.41) is 14.4. The first kappa shape index (κ1) is 13.9. The van der Waals surface area contributed by atoms with E-state index < -0.39 is 6.10 Å². The Hall–Kier alpha value is -1.52. The third-order valence-electron chi connectivity index (χ3n) is 3.08. The number of hydrogen-bond acceptors (Lipinski definition) is 4. The lowest BCUT2D eigenvalue weighted by molar-refractivity contribution is 0.167. The van der Waals surface area contributed by atoms with Gasteiger partial charge in [0.15, 0.2) is 11.5 Å². The molecule has 2 aromatic rings. The second kappa shape index (κ2) is 6.59. The van der Waals surface area contributed by atoms with E-state index in [0.29, 0.717) is 17.9 Å². The fourth-order valence-corrected chi connectivity index (χ4v) is 2.67. The predicted octanol–water partition coefficient (Wildman–Crippen LogP) is 3.43. The number of aliphatic hydroxyl groups is 1. The van der Waals surface area contributed by atoms with E-state index in [-0.39, 0.29) is 0 Å². The van der Waals surface area contributed by atoms with Crippen molar-refractivity contribution in [2.75, 3.05) is 14.2 Å². The lowest BCUT2D eigenvalue weighted by Gasteiger charge is -2.14. The molecule has 1 atom stereocenters. The van der Waals surface area contributed by atoms with Crippen LogP contribution >= 0.6 is 11.3 Å². The maximum absolute atomic E-state index is 10.2. The van der Waals surface area contributed by atoms with Crippen molar-refractivity contribution in [2.45, 2.75) is 18.9 Å². The van der Waals surface area contributed by atoms with E-state index in [2.05, 4.69) is 16.8 Å². The SMILES string of the molecule is COc1ccc(C(O)CCc2ccsc2)cc1OC. The molecule has 0 amide bonds. The molecule has 0 saturated heterocycles. The molecule has 0 radical (unpaired) electrons. The number of methoxy groups -OCH3 is 2. The molecule has 0 bridgehead atoms. The summed E-state index contributed by atoms with van der Waals surface area (Å²) in [4.78, 5) is 0. The summed E-state index contributed by atoms with van der Waals surface area (Å²) in [6.07, 6.45) is 1.09. The molecule has 1 heterocycles. The van der Waals surface area contributed by atoms with Crippen molar-refractivity contribution in [1.82, 2.24) is 0 Å². The van der Waals surface area contributed by atoms with Gasteiger partial charge in [-0.2, -0.15) is 11.3 Å². The first-order valence-corrected chi connectivity index (χ1v) is 7.10. The summed E-state index contributed by atoms with van der Waals surface area (Å²) < 4.78 is 10.4. The van der Waals surface area contributed by atoms with Gasteiger partial charge in [-0.3, -0.25) is 0 Å². The van der Waals surface area contributed by atoms with E-state index in [1.165, 1.54) is 5.56 Å². The second-order valence-electron chi connectivity index (χ2n) is 4.30. The van der Waals surface area contributed by atoms with Gasteiger partial charge in [0, 0.05) is 0 Å². The van der Waals surface area contributed by atoms with Gasteiger partial charge < -0.3 is 14.6 Å². The van der Waals surface area contributed by atoms with Crippen LogP contribution in [0.2, 0.25) is 0 Å². The monoisotopic (exact) mass is 278 g/mol. The highest BCUT2D eigenvalue weighted by Gasteiger charge is 2.11. The molecule has 0 aliphatic rings. The van der Waals surface area contributed by atoms with E-state index in [1.807, 2.05) is 18.2 Å². The lowest BCUT2D eigenvalue weighted by atomic mass is 10.0. The standard InChI is InChI=1S/C15H18O3S/c1-17-14-6-4-12(9-15(14)18-2)13(16)5-3-11-7-8-19-10-11/h4,6-10,13,16H,3,5H2,1-2H3. The molecule has 102 valence electrons. The Balaban J connectivity index is 2.04. The summed E-state index contributed by atoms with van der Waals surface area (Å²) in [6.45, 7) is 0. The number of aryl methyl sites for hydroxylation is 1. The number of aliphatic hydroxyl groups excluding tert-OH is 1. The van der Waals surface area contributed by atoms with Gasteiger partial charge in [-0.1, -0.05) is 6.07 Å². The fourth-order valence-electron chi connectivity index (χ4n) is 1.97. The van der Waals surface area contributed by atoms with Crippen LogP contribution in [-0.2, 0) is 6.42 Å². The number of hydrogen-bond donors (Lipinski definition) is 1. The van der Waals surface area contributed by atoms with E-state index in [1.54, 1.807) is 25.6 Å². The van der Waals surface area contributed by atoms with Crippen molar-refractivity contribution in [1.29, 1.82) is 0 Å². The van der Waals surface area contributed by atoms with Crippen molar-refractivity contribution in [2.24, 2.45) is 0 Å². The molecule has 1 N–H and O–H groups in total. The maximum Gasteiger partial charge on any atom is 0.161 e. The molecule has 2 rings (SSSR count). The molecule has 0 aliphatic heterocycles. The predicted molar refractivity (Wildman–Crippen MR) is 77.1 cm³/mol. The smallest absolute Gasteiger partial charge is 0.161 e. The highest BCUT2D eigenvalue weighted by Crippen LogP contribution is 2.31. The van der Waals surface area contributed by atoms with E-state index in [0.717, 1.165) is 12.0 Å². The van der Waals surface area contributed by atoms with E-state index in [4.69, 9.17) is 9.47 Å². The molecule has 0 spiro atoms. The van der Waals surface area contributed by atoms with Crippen molar-refractivity contribution in [3.05, 3.63) is 46.2 Å². The normalized spacial score (nSPS) is 12.2. The minimum Gasteiger partial charge on any atom is -0.493 e. The summed E-state index contributed by atoms with van der Waals surface area (Å²) in [5.74, 6) is 1.32. The second-order valence-corrected chi connectivity index (χ2v) is 5.08.